The number of benzene rings is 1. The molecule has 1 aliphatic rings. The van der Waals surface area contributed by atoms with Crippen LogP contribution in [0.25, 0.3) is 11.3 Å². The van der Waals surface area contributed by atoms with Gasteiger partial charge in [-0.15, -0.1) is 21.5 Å². The Kier molecular flexibility index (Phi) is 5.92. The molecule has 1 saturated heterocycles. The maximum atomic E-state index is 12.7. The minimum Gasteiger partial charge on any atom is -0.497 e. The van der Waals surface area contributed by atoms with E-state index in [1.807, 2.05) is 35.7 Å². The van der Waals surface area contributed by atoms with Crippen LogP contribution in [0, 0.1) is 5.92 Å². The number of anilines is 2. The van der Waals surface area contributed by atoms with Crippen molar-refractivity contribution in [3.63, 3.8) is 0 Å². The van der Waals surface area contributed by atoms with Crippen LogP contribution in [-0.2, 0) is 4.79 Å². The zero-order valence-corrected chi connectivity index (χ0v) is 17.4. The number of carbonyl (C=O) groups is 1. The highest BCUT2D eigenvalue weighted by atomic mass is 35.5. The second-order valence-electron chi connectivity index (χ2n) is 6.73. The Morgan fingerprint density at radius 2 is 1.93 bits per heavy atom. The number of halogens is 1. The molecule has 1 N–H and O–H groups in total. The van der Waals surface area contributed by atoms with Gasteiger partial charge in [-0.2, -0.15) is 0 Å². The van der Waals surface area contributed by atoms with E-state index in [0.29, 0.717) is 10.3 Å². The van der Waals surface area contributed by atoms with Gasteiger partial charge in [-0.05, 0) is 49.2 Å². The van der Waals surface area contributed by atoms with Gasteiger partial charge in [0, 0.05) is 30.0 Å². The monoisotopic (exact) mass is 429 g/mol. The number of amides is 1. The highest BCUT2D eigenvalue weighted by Crippen LogP contribution is 2.28. The molecule has 0 aliphatic carbocycles. The van der Waals surface area contributed by atoms with Crippen molar-refractivity contribution in [2.24, 2.45) is 5.92 Å². The van der Waals surface area contributed by atoms with Gasteiger partial charge in [0.15, 0.2) is 16.1 Å². The van der Waals surface area contributed by atoms with Gasteiger partial charge in [-0.25, -0.2) is 4.98 Å². The van der Waals surface area contributed by atoms with Crippen LogP contribution >= 0.6 is 22.9 Å². The van der Waals surface area contributed by atoms with Crippen LogP contribution in [0.15, 0.2) is 41.8 Å². The van der Waals surface area contributed by atoms with Crippen LogP contribution in [0.4, 0.5) is 10.9 Å². The van der Waals surface area contributed by atoms with E-state index in [9.17, 15) is 4.79 Å². The lowest BCUT2D eigenvalue weighted by Gasteiger charge is -2.31. The molecule has 150 valence electrons. The molecule has 9 heteroatoms. The van der Waals surface area contributed by atoms with Crippen molar-refractivity contribution in [2.75, 3.05) is 30.4 Å². The Hall–Kier alpha value is -2.71. The Labute approximate surface area is 177 Å². The van der Waals surface area contributed by atoms with E-state index in [1.165, 1.54) is 11.3 Å². The summed E-state index contributed by atoms with van der Waals surface area (Å²) in [6.07, 6.45) is 1.51. The normalized spacial score (nSPS) is 14.6. The fourth-order valence-electron chi connectivity index (χ4n) is 3.28. The molecule has 1 amide bonds. The smallest absolute Gasteiger partial charge is 0.229 e. The van der Waals surface area contributed by atoms with E-state index in [-0.39, 0.29) is 11.8 Å². The molecule has 3 aromatic rings. The molecule has 7 nitrogen and oxygen atoms in total. The first-order valence-corrected chi connectivity index (χ1v) is 10.5. The van der Waals surface area contributed by atoms with Crippen LogP contribution in [0.5, 0.6) is 5.75 Å². The third kappa shape index (κ3) is 4.65. The zero-order valence-electron chi connectivity index (χ0n) is 15.8. The Morgan fingerprint density at radius 3 is 2.59 bits per heavy atom. The van der Waals surface area contributed by atoms with Crippen molar-refractivity contribution in [1.82, 2.24) is 15.2 Å². The maximum Gasteiger partial charge on any atom is 0.229 e. The van der Waals surface area contributed by atoms with E-state index in [4.69, 9.17) is 16.3 Å². The number of nitrogens with one attached hydrogen (secondary N) is 1. The van der Waals surface area contributed by atoms with Crippen LogP contribution in [0.2, 0.25) is 5.15 Å². The van der Waals surface area contributed by atoms with Gasteiger partial charge in [0.05, 0.1) is 12.8 Å². The molecule has 1 aliphatic heterocycles. The minimum atomic E-state index is -0.0418. The summed E-state index contributed by atoms with van der Waals surface area (Å²) in [7, 11) is 1.64. The second kappa shape index (κ2) is 8.75. The van der Waals surface area contributed by atoms with Crippen LogP contribution in [0.3, 0.4) is 0 Å². The average molecular weight is 430 g/mol. The lowest BCUT2D eigenvalue weighted by Crippen LogP contribution is -2.38. The molecule has 3 heterocycles. The minimum absolute atomic E-state index is 0.0162. The van der Waals surface area contributed by atoms with E-state index in [2.05, 4.69) is 25.4 Å². The zero-order chi connectivity index (χ0) is 20.2. The Bertz CT molecular complexity index is 969. The van der Waals surface area contributed by atoms with Gasteiger partial charge in [0.1, 0.15) is 5.75 Å². The number of aromatic nitrogens is 3. The van der Waals surface area contributed by atoms with Crippen molar-refractivity contribution in [1.29, 1.82) is 0 Å². The van der Waals surface area contributed by atoms with Crippen molar-refractivity contribution < 1.29 is 9.53 Å². The molecule has 0 atom stereocenters. The number of ether oxygens (including phenoxy) is 1. The summed E-state index contributed by atoms with van der Waals surface area (Å²) in [5.41, 5.74) is 1.82. The Balaban J connectivity index is 1.33. The van der Waals surface area contributed by atoms with Crippen LogP contribution in [0.1, 0.15) is 12.8 Å². The number of methoxy groups -OCH3 is 1. The summed E-state index contributed by atoms with van der Waals surface area (Å²) in [4.78, 5) is 19.3. The molecular formula is C20H20ClN5O2S. The highest BCUT2D eigenvalue weighted by molar-refractivity contribution is 7.14. The van der Waals surface area contributed by atoms with Gasteiger partial charge >= 0.3 is 0 Å². The van der Waals surface area contributed by atoms with Gasteiger partial charge in [-0.1, -0.05) is 11.6 Å². The van der Waals surface area contributed by atoms with Crippen LogP contribution < -0.4 is 15.0 Å². The fourth-order valence-corrected chi connectivity index (χ4v) is 4.10. The lowest BCUT2D eigenvalue weighted by atomic mass is 9.96. The number of nitrogens with zero attached hydrogens (tertiary/aromatic N) is 4. The van der Waals surface area contributed by atoms with Gasteiger partial charge in [0.2, 0.25) is 5.91 Å². The van der Waals surface area contributed by atoms with Gasteiger partial charge in [-0.3, -0.25) is 4.79 Å². The van der Waals surface area contributed by atoms with Crippen LogP contribution in [-0.4, -0.2) is 41.3 Å². The van der Waals surface area contributed by atoms with E-state index in [0.717, 1.165) is 48.8 Å². The molecule has 29 heavy (non-hydrogen) atoms. The van der Waals surface area contributed by atoms with Gasteiger partial charge in [0.25, 0.3) is 0 Å². The summed E-state index contributed by atoms with van der Waals surface area (Å²) in [5.74, 6) is 1.56. The molecule has 2 aromatic heterocycles. The number of hydrogen-bond acceptors (Lipinski definition) is 7. The third-order valence-corrected chi connectivity index (χ3v) is 5.89. The molecule has 0 spiro atoms. The summed E-state index contributed by atoms with van der Waals surface area (Å²) in [6.45, 7) is 1.51. The average Bonchev–Trinajstić information content (AvgIpc) is 3.23. The predicted molar refractivity (Wildman–Crippen MR) is 115 cm³/mol. The third-order valence-electron chi connectivity index (χ3n) is 4.93. The van der Waals surface area contributed by atoms with E-state index < -0.39 is 0 Å². The molecule has 1 aromatic carbocycles. The van der Waals surface area contributed by atoms with E-state index >= 15 is 0 Å². The topological polar surface area (TPSA) is 80.2 Å². The first-order valence-electron chi connectivity index (χ1n) is 9.27. The Morgan fingerprint density at radius 1 is 1.17 bits per heavy atom. The molecule has 0 bridgehead atoms. The summed E-state index contributed by atoms with van der Waals surface area (Å²) in [6, 6.07) is 11.3. The quantitative estimate of drug-likeness (QED) is 0.657. The number of hydrogen-bond donors (Lipinski definition) is 1. The lowest BCUT2D eigenvalue weighted by molar-refractivity contribution is -0.120. The molecule has 0 radical (unpaired) electrons. The molecule has 4 rings (SSSR count). The predicted octanol–water partition coefficient (Wildman–Crippen LogP) is 4.12. The first kappa shape index (κ1) is 19.6. The standard InChI is InChI=1S/C20H20ClN5O2S/c1-28-15-4-2-13(3-5-15)16-12-29-20(22-16)23-19(27)14-8-10-26(11-9-14)18-7-6-17(21)24-25-18/h2-7,12,14H,8-11H2,1H3,(H,22,23,27). The van der Waals surface area contributed by atoms with Crippen molar-refractivity contribution >= 4 is 39.8 Å². The van der Waals surface area contributed by atoms with E-state index in [1.54, 1.807) is 13.2 Å². The SMILES string of the molecule is COc1ccc(-c2csc(NC(=O)C3CCN(c4ccc(Cl)nn4)CC3)n2)cc1. The number of piperidine rings is 1. The number of carbonyl (C=O) groups excluding carboxylic acids is 1. The van der Waals surface area contributed by atoms with Crippen molar-refractivity contribution in [3.8, 4) is 17.0 Å². The number of rotatable bonds is 5. The fraction of sp³-hybridized carbons (Fsp3) is 0.300. The second-order valence-corrected chi connectivity index (χ2v) is 7.98. The maximum absolute atomic E-state index is 12.7. The van der Waals surface area contributed by atoms with Crippen molar-refractivity contribution in [2.45, 2.75) is 12.8 Å². The largest absolute Gasteiger partial charge is 0.497 e. The molecule has 0 unspecified atom stereocenters. The summed E-state index contributed by atoms with van der Waals surface area (Å²) in [5, 5.41) is 13.9. The summed E-state index contributed by atoms with van der Waals surface area (Å²) >= 11 is 7.22. The number of thiazole rings is 1. The first-order chi connectivity index (χ1) is 14.1. The highest BCUT2D eigenvalue weighted by Gasteiger charge is 2.26. The van der Waals surface area contributed by atoms with Gasteiger partial charge < -0.3 is 15.0 Å². The molecule has 0 saturated carbocycles. The van der Waals surface area contributed by atoms with Crippen molar-refractivity contribution in [3.05, 3.63) is 46.9 Å². The molecule has 1 fully saturated rings. The molecular weight excluding hydrogens is 410 g/mol. The summed E-state index contributed by atoms with van der Waals surface area (Å²) < 4.78 is 5.18.